The normalized spacial score (nSPS) is 31.7. The topological polar surface area (TPSA) is 35.5 Å². The van der Waals surface area contributed by atoms with Gasteiger partial charge in [-0.2, -0.15) is 0 Å². The lowest BCUT2D eigenvalue weighted by Gasteiger charge is -2.27. The van der Waals surface area contributed by atoms with Crippen molar-refractivity contribution in [3.05, 3.63) is 22.2 Å². The molecule has 1 saturated heterocycles. The third-order valence-corrected chi connectivity index (χ3v) is 4.59. The highest BCUT2D eigenvalue weighted by Gasteiger charge is 2.50. The first-order valence-electron chi connectivity index (χ1n) is 5.53. The fraction of sp³-hybridized carbons (Fsp3) is 0.500. The number of fused-ring (bicyclic) bond motifs is 3. The van der Waals surface area contributed by atoms with E-state index in [0.29, 0.717) is 11.9 Å². The zero-order valence-electron chi connectivity index (χ0n) is 9.42. The Kier molecular flexibility index (Phi) is 2.04. The third-order valence-electron chi connectivity index (χ3n) is 3.99. The van der Waals surface area contributed by atoms with Gasteiger partial charge in [0, 0.05) is 16.9 Å². The highest BCUT2D eigenvalue weighted by atomic mass is 79.9. The summed E-state index contributed by atoms with van der Waals surface area (Å²) in [7, 11) is 2.11. The average Bonchev–Trinajstić information content (AvgIpc) is 2.66. The first-order chi connectivity index (χ1) is 7.54. The molecule has 16 heavy (non-hydrogen) atoms. The van der Waals surface area contributed by atoms with E-state index < -0.39 is 0 Å². The fourth-order valence-corrected chi connectivity index (χ4v) is 3.91. The van der Waals surface area contributed by atoms with E-state index >= 15 is 0 Å². The molecule has 86 valence electrons. The molecule has 3 rings (SSSR count). The molecule has 2 unspecified atom stereocenters. The van der Waals surface area contributed by atoms with Crippen molar-refractivity contribution in [2.24, 2.45) is 0 Å². The molecular weight excluding hydrogens is 268 g/mol. The smallest absolute Gasteiger partial charge is 0.117 e. The molecular formula is C12H15BrN2O. The number of anilines is 1. The summed E-state index contributed by atoms with van der Waals surface area (Å²) in [5.41, 5.74) is 2.57. The highest BCUT2D eigenvalue weighted by Crippen LogP contribution is 2.51. The number of hydrogen-bond acceptors (Lipinski definition) is 3. The van der Waals surface area contributed by atoms with Gasteiger partial charge in [0.2, 0.25) is 0 Å². The van der Waals surface area contributed by atoms with Gasteiger partial charge in [-0.1, -0.05) is 6.92 Å². The second kappa shape index (κ2) is 3.14. The number of phenolic OH excluding ortho intramolecular Hbond substituents is 1. The standard InChI is InChI=1S/C12H15BrN2O/c1-12-3-4-14-11(12)15(2)10-8(12)5-7(16)6-9(10)13/h5-6,11,14,16H,3-4H2,1-2H3. The lowest BCUT2D eigenvalue weighted by atomic mass is 9.81. The maximum absolute atomic E-state index is 9.73. The molecule has 0 amide bonds. The minimum absolute atomic E-state index is 0.116. The van der Waals surface area contributed by atoms with E-state index in [4.69, 9.17) is 0 Å². The van der Waals surface area contributed by atoms with Crippen LogP contribution in [-0.2, 0) is 5.41 Å². The molecule has 0 aliphatic carbocycles. The van der Waals surface area contributed by atoms with E-state index in [1.165, 1.54) is 11.3 Å². The van der Waals surface area contributed by atoms with Crippen LogP contribution in [0.15, 0.2) is 16.6 Å². The number of phenols is 1. The molecule has 2 aliphatic heterocycles. The number of halogens is 1. The maximum atomic E-state index is 9.73. The minimum atomic E-state index is 0.116. The van der Waals surface area contributed by atoms with Crippen LogP contribution in [0.3, 0.4) is 0 Å². The molecule has 0 bridgehead atoms. The van der Waals surface area contributed by atoms with Gasteiger partial charge in [-0.15, -0.1) is 0 Å². The van der Waals surface area contributed by atoms with Gasteiger partial charge in [0.15, 0.2) is 0 Å². The largest absolute Gasteiger partial charge is 0.508 e. The summed E-state index contributed by atoms with van der Waals surface area (Å²) in [6.45, 7) is 3.31. The van der Waals surface area contributed by atoms with Crippen LogP contribution in [0.4, 0.5) is 5.69 Å². The van der Waals surface area contributed by atoms with E-state index in [1.807, 2.05) is 6.07 Å². The van der Waals surface area contributed by atoms with Crippen molar-refractivity contribution in [2.75, 3.05) is 18.5 Å². The second-order valence-corrected chi connectivity index (χ2v) is 5.81. The Balaban J connectivity index is 2.26. The zero-order valence-corrected chi connectivity index (χ0v) is 11.0. The molecule has 4 heteroatoms. The predicted molar refractivity (Wildman–Crippen MR) is 68.0 cm³/mol. The van der Waals surface area contributed by atoms with Gasteiger partial charge >= 0.3 is 0 Å². The molecule has 2 N–H and O–H groups in total. The Morgan fingerprint density at radius 1 is 1.56 bits per heavy atom. The average molecular weight is 283 g/mol. The molecule has 1 fully saturated rings. The molecule has 0 radical (unpaired) electrons. The molecule has 0 saturated carbocycles. The number of benzene rings is 1. The van der Waals surface area contributed by atoms with E-state index in [2.05, 4.69) is 40.1 Å². The van der Waals surface area contributed by atoms with E-state index in [-0.39, 0.29) is 5.41 Å². The Bertz CT molecular complexity index is 463. The van der Waals surface area contributed by atoms with Gasteiger partial charge < -0.3 is 10.0 Å². The van der Waals surface area contributed by atoms with Gasteiger partial charge in [0.05, 0.1) is 11.9 Å². The summed E-state index contributed by atoms with van der Waals surface area (Å²) in [6, 6.07) is 3.67. The van der Waals surface area contributed by atoms with Crippen LogP contribution < -0.4 is 10.2 Å². The van der Waals surface area contributed by atoms with Gasteiger partial charge in [-0.3, -0.25) is 5.32 Å². The molecule has 2 atom stereocenters. The first-order valence-corrected chi connectivity index (χ1v) is 6.32. The summed E-state index contributed by atoms with van der Waals surface area (Å²) in [4.78, 5) is 2.27. The lowest BCUT2D eigenvalue weighted by Crippen LogP contribution is -2.44. The van der Waals surface area contributed by atoms with E-state index in [0.717, 1.165) is 17.4 Å². The molecule has 2 heterocycles. The number of aromatic hydroxyl groups is 1. The molecule has 0 spiro atoms. The highest BCUT2D eigenvalue weighted by molar-refractivity contribution is 9.10. The van der Waals surface area contributed by atoms with Gasteiger partial charge in [0.25, 0.3) is 0 Å². The van der Waals surface area contributed by atoms with Crippen LogP contribution in [0.5, 0.6) is 5.75 Å². The monoisotopic (exact) mass is 282 g/mol. The fourth-order valence-electron chi connectivity index (χ4n) is 3.18. The van der Waals surface area contributed by atoms with Crippen molar-refractivity contribution in [3.8, 4) is 5.75 Å². The van der Waals surface area contributed by atoms with E-state index in [1.54, 1.807) is 6.07 Å². The number of nitrogens with one attached hydrogen (secondary N) is 1. The summed E-state index contributed by atoms with van der Waals surface area (Å²) in [5.74, 6) is 0.341. The molecule has 3 nitrogen and oxygen atoms in total. The quantitative estimate of drug-likeness (QED) is 0.766. The Hall–Kier alpha value is -0.740. The molecule has 2 aliphatic rings. The number of rotatable bonds is 0. The van der Waals surface area contributed by atoms with Crippen LogP contribution in [0.1, 0.15) is 18.9 Å². The second-order valence-electron chi connectivity index (χ2n) is 4.96. The van der Waals surface area contributed by atoms with Crippen molar-refractivity contribution < 1.29 is 5.11 Å². The van der Waals surface area contributed by atoms with Gasteiger partial charge in [-0.25, -0.2) is 0 Å². The van der Waals surface area contributed by atoms with Gasteiger partial charge in [0.1, 0.15) is 5.75 Å². The zero-order chi connectivity index (χ0) is 11.5. The van der Waals surface area contributed by atoms with Crippen LogP contribution in [-0.4, -0.2) is 24.9 Å². The number of likely N-dealkylation sites (N-methyl/N-ethyl adjacent to an activating group) is 1. The SMILES string of the molecule is CN1c2c(Br)cc(O)cc2C2(C)CCNC12. The minimum Gasteiger partial charge on any atom is -0.508 e. The molecule has 1 aromatic carbocycles. The van der Waals surface area contributed by atoms with Crippen LogP contribution in [0.2, 0.25) is 0 Å². The van der Waals surface area contributed by atoms with Crippen molar-refractivity contribution in [2.45, 2.75) is 24.9 Å². The predicted octanol–water partition coefficient (Wildman–Crippen LogP) is 2.18. The van der Waals surface area contributed by atoms with Crippen LogP contribution in [0, 0.1) is 0 Å². The maximum Gasteiger partial charge on any atom is 0.117 e. The number of nitrogens with zero attached hydrogens (tertiary/aromatic N) is 1. The molecule has 1 aromatic rings. The van der Waals surface area contributed by atoms with Crippen LogP contribution in [0.25, 0.3) is 0 Å². The Morgan fingerprint density at radius 3 is 3.06 bits per heavy atom. The lowest BCUT2D eigenvalue weighted by molar-refractivity contribution is 0.427. The summed E-state index contributed by atoms with van der Waals surface area (Å²) in [6.07, 6.45) is 1.46. The van der Waals surface area contributed by atoms with Crippen molar-refractivity contribution in [1.29, 1.82) is 0 Å². The Labute approximate surface area is 104 Å². The van der Waals surface area contributed by atoms with Crippen LogP contribution >= 0.6 is 15.9 Å². The Morgan fingerprint density at radius 2 is 2.31 bits per heavy atom. The van der Waals surface area contributed by atoms with Crippen molar-refractivity contribution >= 4 is 21.6 Å². The third kappa shape index (κ3) is 1.12. The van der Waals surface area contributed by atoms with Crippen molar-refractivity contribution in [1.82, 2.24) is 5.32 Å². The summed E-state index contributed by atoms with van der Waals surface area (Å²) in [5, 5.41) is 13.3. The summed E-state index contributed by atoms with van der Waals surface area (Å²) >= 11 is 3.54. The van der Waals surface area contributed by atoms with Gasteiger partial charge in [-0.05, 0) is 46.6 Å². The first kappa shape index (κ1) is 10.4. The van der Waals surface area contributed by atoms with Crippen molar-refractivity contribution in [3.63, 3.8) is 0 Å². The molecule has 0 aromatic heterocycles. The summed E-state index contributed by atoms with van der Waals surface area (Å²) < 4.78 is 0.974. The van der Waals surface area contributed by atoms with E-state index in [9.17, 15) is 5.11 Å². The number of hydrogen-bond donors (Lipinski definition) is 2.